The maximum absolute atomic E-state index is 11.3. The molecule has 0 radical (unpaired) electrons. The summed E-state index contributed by atoms with van der Waals surface area (Å²) in [4.78, 5) is 11.3. The van der Waals surface area contributed by atoms with Crippen molar-refractivity contribution in [1.29, 1.82) is 0 Å². The number of aromatic carboxylic acids is 1. The maximum Gasteiger partial charge on any atom is 0.335 e. The van der Waals surface area contributed by atoms with Gasteiger partial charge in [-0.2, -0.15) is 0 Å². The zero-order valence-electron chi connectivity index (χ0n) is 13.5. The van der Waals surface area contributed by atoms with Crippen LogP contribution in [0.3, 0.4) is 0 Å². The molecule has 3 rings (SSSR count). The van der Waals surface area contributed by atoms with Crippen LogP contribution in [0.15, 0.2) is 54.7 Å². The van der Waals surface area contributed by atoms with Crippen LogP contribution in [0.25, 0.3) is 10.9 Å². The van der Waals surface area contributed by atoms with E-state index in [4.69, 9.17) is 0 Å². The van der Waals surface area contributed by atoms with Gasteiger partial charge in [0.25, 0.3) is 0 Å². The number of aryl methyl sites for hydroxylation is 1. The van der Waals surface area contributed by atoms with Gasteiger partial charge in [-0.15, -0.1) is 0 Å². The Kier molecular flexibility index (Phi) is 4.20. The number of carbonyl (C=O) groups is 1. The summed E-state index contributed by atoms with van der Waals surface area (Å²) >= 11 is 0. The second-order valence-electron chi connectivity index (χ2n) is 5.97. The van der Waals surface area contributed by atoms with E-state index in [-0.39, 0.29) is 6.04 Å². The van der Waals surface area contributed by atoms with E-state index in [2.05, 4.69) is 48.9 Å². The fourth-order valence-corrected chi connectivity index (χ4v) is 3.23. The molecule has 3 nitrogen and oxygen atoms in total. The molecular weight excluding hydrogens is 286 g/mol. The second kappa shape index (κ2) is 6.29. The molecule has 3 aromatic rings. The lowest BCUT2D eigenvalue weighted by Gasteiger charge is -2.20. The van der Waals surface area contributed by atoms with Gasteiger partial charge in [-0.1, -0.05) is 49.7 Å². The molecule has 0 saturated heterocycles. The molecule has 0 fully saturated rings. The number of carboxylic acids is 1. The molecule has 0 aliphatic rings. The molecule has 0 spiro atoms. The van der Waals surface area contributed by atoms with Gasteiger partial charge in [-0.25, -0.2) is 4.79 Å². The van der Waals surface area contributed by atoms with Crippen LogP contribution in [-0.4, -0.2) is 15.6 Å². The third-order valence-corrected chi connectivity index (χ3v) is 4.36. The third kappa shape index (κ3) is 2.87. The molecule has 23 heavy (non-hydrogen) atoms. The topological polar surface area (TPSA) is 42.2 Å². The van der Waals surface area contributed by atoms with Gasteiger partial charge in [0.15, 0.2) is 0 Å². The highest BCUT2D eigenvalue weighted by molar-refractivity contribution is 5.94. The van der Waals surface area contributed by atoms with E-state index in [1.165, 1.54) is 11.1 Å². The Hall–Kier alpha value is -2.55. The fourth-order valence-electron chi connectivity index (χ4n) is 3.23. The van der Waals surface area contributed by atoms with Gasteiger partial charge in [0.1, 0.15) is 0 Å². The smallest absolute Gasteiger partial charge is 0.335 e. The number of hydrogen-bond donors (Lipinski definition) is 1. The van der Waals surface area contributed by atoms with Gasteiger partial charge in [0, 0.05) is 17.1 Å². The normalized spacial score (nSPS) is 12.4. The minimum Gasteiger partial charge on any atom is -0.478 e. The van der Waals surface area contributed by atoms with E-state index in [1.807, 2.05) is 12.1 Å². The number of carboxylic acid groups (broad SMARTS) is 1. The Morgan fingerprint density at radius 2 is 1.91 bits per heavy atom. The Bertz CT molecular complexity index is 833. The van der Waals surface area contributed by atoms with Crippen LogP contribution in [0.1, 0.15) is 47.3 Å². The summed E-state index contributed by atoms with van der Waals surface area (Å²) in [5, 5.41) is 10.4. The van der Waals surface area contributed by atoms with Gasteiger partial charge >= 0.3 is 5.97 Å². The van der Waals surface area contributed by atoms with E-state index in [1.54, 1.807) is 12.1 Å². The predicted octanol–water partition coefficient (Wildman–Crippen LogP) is 5.04. The quantitative estimate of drug-likeness (QED) is 0.717. The predicted molar refractivity (Wildman–Crippen MR) is 93.1 cm³/mol. The molecular formula is C20H21NO2. The number of nitrogens with zero attached hydrogens (tertiary/aromatic N) is 1. The van der Waals surface area contributed by atoms with Gasteiger partial charge in [-0.3, -0.25) is 0 Å². The molecule has 0 aliphatic carbocycles. The first-order chi connectivity index (χ1) is 11.1. The number of hydrogen-bond acceptors (Lipinski definition) is 1. The summed E-state index contributed by atoms with van der Waals surface area (Å²) in [7, 11) is 0. The van der Waals surface area contributed by atoms with Crippen molar-refractivity contribution in [2.75, 3.05) is 0 Å². The van der Waals surface area contributed by atoms with Crippen molar-refractivity contribution in [2.24, 2.45) is 0 Å². The average Bonchev–Trinajstić information content (AvgIpc) is 2.89. The largest absolute Gasteiger partial charge is 0.478 e. The zero-order chi connectivity index (χ0) is 16.4. The molecule has 1 unspecified atom stereocenters. The monoisotopic (exact) mass is 307 g/mol. The van der Waals surface area contributed by atoms with Crippen LogP contribution < -0.4 is 0 Å². The minimum absolute atomic E-state index is 0.224. The molecule has 2 aromatic carbocycles. The first-order valence-corrected chi connectivity index (χ1v) is 8.01. The van der Waals surface area contributed by atoms with Crippen LogP contribution in [0.5, 0.6) is 0 Å². The van der Waals surface area contributed by atoms with Gasteiger partial charge in [0.05, 0.1) is 11.6 Å². The van der Waals surface area contributed by atoms with Gasteiger partial charge < -0.3 is 9.67 Å². The molecule has 0 saturated carbocycles. The van der Waals surface area contributed by atoms with Crippen LogP contribution in [-0.2, 0) is 0 Å². The lowest BCUT2D eigenvalue weighted by atomic mass is 10.0. The molecule has 1 heterocycles. The molecule has 0 amide bonds. The zero-order valence-corrected chi connectivity index (χ0v) is 13.5. The number of benzene rings is 2. The molecule has 1 N–H and O–H groups in total. The van der Waals surface area contributed by atoms with Crippen LogP contribution in [0.2, 0.25) is 0 Å². The third-order valence-electron chi connectivity index (χ3n) is 4.36. The van der Waals surface area contributed by atoms with Crippen molar-refractivity contribution in [3.8, 4) is 0 Å². The van der Waals surface area contributed by atoms with Crippen LogP contribution >= 0.6 is 0 Å². The van der Waals surface area contributed by atoms with E-state index in [9.17, 15) is 9.90 Å². The number of fused-ring (bicyclic) bond motifs is 1. The second-order valence-corrected chi connectivity index (χ2v) is 5.97. The van der Waals surface area contributed by atoms with E-state index in [0.717, 1.165) is 23.7 Å². The first kappa shape index (κ1) is 15.3. The van der Waals surface area contributed by atoms with Crippen molar-refractivity contribution >= 4 is 16.9 Å². The van der Waals surface area contributed by atoms with E-state index < -0.39 is 5.97 Å². The van der Waals surface area contributed by atoms with Gasteiger partial charge in [0.2, 0.25) is 0 Å². The molecule has 1 aromatic heterocycles. The van der Waals surface area contributed by atoms with Crippen molar-refractivity contribution in [1.82, 2.24) is 4.57 Å². The van der Waals surface area contributed by atoms with Crippen molar-refractivity contribution in [3.63, 3.8) is 0 Å². The first-order valence-electron chi connectivity index (χ1n) is 8.01. The van der Waals surface area contributed by atoms with E-state index in [0.29, 0.717) is 5.56 Å². The van der Waals surface area contributed by atoms with E-state index >= 15 is 0 Å². The molecule has 0 aliphatic heterocycles. The maximum atomic E-state index is 11.3. The summed E-state index contributed by atoms with van der Waals surface area (Å²) in [5.41, 5.74) is 3.76. The molecule has 118 valence electrons. The fraction of sp³-hybridized carbons (Fsp3) is 0.250. The van der Waals surface area contributed by atoms with Crippen molar-refractivity contribution < 1.29 is 9.90 Å². The average molecular weight is 307 g/mol. The van der Waals surface area contributed by atoms with Crippen LogP contribution in [0.4, 0.5) is 0 Å². The lowest BCUT2D eigenvalue weighted by Crippen LogP contribution is -2.09. The Morgan fingerprint density at radius 3 is 2.57 bits per heavy atom. The SMILES string of the molecule is CCCC(c1ccccc1)n1cc(C)c2ccc(C(=O)O)cc21. The summed E-state index contributed by atoms with van der Waals surface area (Å²) in [6, 6.07) is 16.0. The minimum atomic E-state index is -0.885. The Balaban J connectivity index is 2.19. The Labute approximate surface area is 136 Å². The number of rotatable bonds is 5. The molecule has 1 atom stereocenters. The summed E-state index contributed by atoms with van der Waals surface area (Å²) in [6.45, 7) is 4.25. The van der Waals surface area contributed by atoms with Crippen molar-refractivity contribution in [3.05, 3.63) is 71.4 Å². The van der Waals surface area contributed by atoms with Gasteiger partial charge in [-0.05, 0) is 36.6 Å². The highest BCUT2D eigenvalue weighted by Gasteiger charge is 2.17. The molecule has 0 bridgehead atoms. The highest BCUT2D eigenvalue weighted by Crippen LogP contribution is 2.31. The number of aromatic nitrogens is 1. The molecule has 3 heteroatoms. The summed E-state index contributed by atoms with van der Waals surface area (Å²) in [5.74, 6) is -0.885. The summed E-state index contributed by atoms with van der Waals surface area (Å²) < 4.78 is 2.23. The summed E-state index contributed by atoms with van der Waals surface area (Å²) in [6.07, 6.45) is 4.23. The highest BCUT2D eigenvalue weighted by atomic mass is 16.4. The Morgan fingerprint density at radius 1 is 1.17 bits per heavy atom. The standard InChI is InChI=1S/C20H21NO2/c1-3-7-18(15-8-5-4-6-9-15)21-13-14(2)17-11-10-16(20(22)23)12-19(17)21/h4-6,8-13,18H,3,7H2,1-2H3,(H,22,23). The van der Waals surface area contributed by atoms with Crippen LogP contribution in [0, 0.1) is 6.92 Å². The lowest BCUT2D eigenvalue weighted by molar-refractivity contribution is 0.0697. The van der Waals surface area contributed by atoms with Crippen molar-refractivity contribution in [2.45, 2.75) is 32.7 Å².